The van der Waals surface area contributed by atoms with Crippen molar-refractivity contribution in [1.29, 1.82) is 0 Å². The topological polar surface area (TPSA) is 38.7 Å². The molecule has 0 amide bonds. The second kappa shape index (κ2) is 14.0. The first-order chi connectivity index (χ1) is 32.7. The van der Waals surface area contributed by atoms with Crippen molar-refractivity contribution in [3.05, 3.63) is 281 Å². The van der Waals surface area contributed by atoms with Crippen LogP contribution in [0.15, 0.2) is 237 Å². The molecule has 3 aliphatic rings. The van der Waals surface area contributed by atoms with Crippen LogP contribution >= 0.6 is 0 Å². The molecule has 11 aromatic rings. The molecule has 0 bridgehead atoms. The third-order valence-corrected chi connectivity index (χ3v) is 14.6. The largest absolute Gasteiger partial charge is 0.208 e. The minimum absolute atomic E-state index is 0.458. The summed E-state index contributed by atoms with van der Waals surface area (Å²) in [6.07, 6.45) is 0. The lowest BCUT2D eigenvalue weighted by molar-refractivity contribution is 0.633. The summed E-state index contributed by atoms with van der Waals surface area (Å²) in [6.45, 7) is 0. The van der Waals surface area contributed by atoms with Gasteiger partial charge in [-0.1, -0.05) is 224 Å². The van der Waals surface area contributed by atoms with Gasteiger partial charge < -0.3 is 0 Å². The first kappa shape index (κ1) is 36.9. The molecule has 0 saturated heterocycles. The van der Waals surface area contributed by atoms with Gasteiger partial charge in [-0.15, -0.1) is 0 Å². The van der Waals surface area contributed by atoms with Gasteiger partial charge in [-0.25, -0.2) is 15.0 Å². The zero-order valence-corrected chi connectivity index (χ0v) is 35.9. The number of hydrogen-bond acceptors (Lipinski definition) is 3. The van der Waals surface area contributed by atoms with Crippen LogP contribution < -0.4 is 0 Å². The summed E-state index contributed by atoms with van der Waals surface area (Å²) in [4.78, 5) is 15.1. The van der Waals surface area contributed by atoms with Crippen molar-refractivity contribution in [3.8, 4) is 67.5 Å². The lowest BCUT2D eigenvalue weighted by atomic mass is 9.52. The Morgan fingerprint density at radius 2 is 0.606 bits per heavy atom. The molecule has 0 aliphatic heterocycles. The molecular formula is C63H39N3. The van der Waals surface area contributed by atoms with Crippen LogP contribution in [0.4, 0.5) is 0 Å². The van der Waals surface area contributed by atoms with E-state index in [-0.39, 0.29) is 0 Å². The van der Waals surface area contributed by atoms with Crippen molar-refractivity contribution in [1.82, 2.24) is 15.0 Å². The minimum Gasteiger partial charge on any atom is -0.208 e. The van der Waals surface area contributed by atoms with Gasteiger partial charge in [0.2, 0.25) is 0 Å². The summed E-state index contributed by atoms with van der Waals surface area (Å²) in [5.74, 6) is 1.96. The van der Waals surface area contributed by atoms with E-state index in [1.165, 1.54) is 72.3 Å². The van der Waals surface area contributed by atoms with E-state index in [9.17, 15) is 0 Å². The molecule has 3 aliphatic carbocycles. The highest BCUT2D eigenvalue weighted by Gasteiger charge is 2.58. The molecular weight excluding hydrogens is 799 g/mol. The van der Waals surface area contributed by atoms with E-state index in [0.29, 0.717) is 17.5 Å². The summed E-state index contributed by atoms with van der Waals surface area (Å²) >= 11 is 0. The van der Waals surface area contributed by atoms with Gasteiger partial charge in [-0.2, -0.15) is 0 Å². The molecule has 0 fully saturated rings. The molecule has 1 aromatic heterocycles. The molecule has 66 heavy (non-hydrogen) atoms. The fraction of sp³-hybridized carbons (Fsp3) is 0.0317. The Hall–Kier alpha value is -8.53. The molecule has 0 radical (unpaired) electrons. The average molecular weight is 838 g/mol. The van der Waals surface area contributed by atoms with Gasteiger partial charge in [0.1, 0.15) is 0 Å². The first-order valence-corrected chi connectivity index (χ1v) is 22.8. The third kappa shape index (κ3) is 4.94. The van der Waals surface area contributed by atoms with Crippen LogP contribution in [0.3, 0.4) is 0 Å². The van der Waals surface area contributed by atoms with Crippen LogP contribution in [0.25, 0.3) is 78.3 Å². The molecule has 10 aromatic carbocycles. The number of hydrogen-bond donors (Lipinski definition) is 0. The monoisotopic (exact) mass is 837 g/mol. The predicted molar refractivity (Wildman–Crippen MR) is 267 cm³/mol. The Morgan fingerprint density at radius 1 is 0.227 bits per heavy atom. The predicted octanol–water partition coefficient (Wildman–Crippen LogP) is 14.7. The second-order valence-electron chi connectivity index (χ2n) is 17.8. The van der Waals surface area contributed by atoms with Crippen LogP contribution in [0, 0.1) is 0 Å². The van der Waals surface area contributed by atoms with Gasteiger partial charge in [0.15, 0.2) is 17.5 Å². The van der Waals surface area contributed by atoms with Gasteiger partial charge in [0.25, 0.3) is 0 Å². The van der Waals surface area contributed by atoms with Crippen molar-refractivity contribution in [2.75, 3.05) is 0 Å². The van der Waals surface area contributed by atoms with Crippen molar-refractivity contribution in [3.63, 3.8) is 0 Å². The standard InChI is InChI=1S/C63H39N3/c1-3-18-40(19-4-1)59-64-60(41-20-5-2-6-21-41)66-61(65-59)49-26-17-22-44-38-42(34-36-45(44)49)43-35-37-54-50(39-43)48-25-9-12-29-53(48)63(54)57-32-15-13-30-55(57)62(56-31-14-16-33-58(56)63)51-27-10-7-23-46(51)47-24-8-11-28-52(47)62/h1-39H. The maximum absolute atomic E-state index is 5.09. The van der Waals surface area contributed by atoms with Crippen molar-refractivity contribution < 1.29 is 0 Å². The van der Waals surface area contributed by atoms with E-state index in [2.05, 4.69) is 200 Å². The zero-order chi connectivity index (χ0) is 43.4. The van der Waals surface area contributed by atoms with Crippen LogP contribution in [-0.2, 0) is 10.8 Å². The summed E-state index contributed by atoms with van der Waals surface area (Å²) in [5, 5.41) is 2.22. The van der Waals surface area contributed by atoms with E-state index in [1.54, 1.807) is 0 Å². The summed E-state index contributed by atoms with van der Waals surface area (Å²) in [7, 11) is 0. The Labute approximate surface area is 383 Å². The maximum atomic E-state index is 5.09. The molecule has 0 atom stereocenters. The molecule has 0 saturated carbocycles. The lowest BCUT2D eigenvalue weighted by Crippen LogP contribution is -2.43. The highest BCUT2D eigenvalue weighted by Crippen LogP contribution is 2.67. The van der Waals surface area contributed by atoms with Gasteiger partial charge in [0.05, 0.1) is 10.8 Å². The minimum atomic E-state index is -0.518. The molecule has 2 spiro atoms. The van der Waals surface area contributed by atoms with E-state index >= 15 is 0 Å². The van der Waals surface area contributed by atoms with Gasteiger partial charge in [0, 0.05) is 16.7 Å². The lowest BCUT2D eigenvalue weighted by Gasteiger charge is -2.48. The van der Waals surface area contributed by atoms with Crippen LogP contribution in [-0.4, -0.2) is 15.0 Å². The van der Waals surface area contributed by atoms with E-state index in [1.807, 2.05) is 36.4 Å². The van der Waals surface area contributed by atoms with Crippen molar-refractivity contribution >= 4 is 10.8 Å². The average Bonchev–Trinajstić information content (AvgIpc) is 3.86. The van der Waals surface area contributed by atoms with E-state index < -0.39 is 10.8 Å². The highest BCUT2D eigenvalue weighted by atomic mass is 15.0. The molecule has 0 N–H and O–H groups in total. The summed E-state index contributed by atoms with van der Waals surface area (Å²) in [5.41, 5.74) is 20.2. The molecule has 3 heteroatoms. The SMILES string of the molecule is c1ccc(-c2nc(-c3ccccc3)nc(-c3cccc4cc(-c5ccc6c(c5)-c5ccccc5C65c6ccccc6C6(c7ccccc7-c7ccccc76)c6ccccc65)ccc34)n2)cc1. The number of aromatic nitrogens is 3. The Kier molecular flexibility index (Phi) is 7.82. The number of nitrogens with zero attached hydrogens (tertiary/aromatic N) is 3. The second-order valence-corrected chi connectivity index (χ2v) is 17.8. The molecule has 3 nitrogen and oxygen atoms in total. The van der Waals surface area contributed by atoms with E-state index in [0.717, 1.165) is 33.0 Å². The molecule has 1 heterocycles. The van der Waals surface area contributed by atoms with Gasteiger partial charge in [-0.05, 0) is 101 Å². The van der Waals surface area contributed by atoms with E-state index in [4.69, 9.17) is 15.0 Å². The molecule has 306 valence electrons. The van der Waals surface area contributed by atoms with Crippen LogP contribution in [0.5, 0.6) is 0 Å². The number of benzene rings is 10. The van der Waals surface area contributed by atoms with Gasteiger partial charge in [-0.3, -0.25) is 0 Å². The van der Waals surface area contributed by atoms with Gasteiger partial charge >= 0.3 is 0 Å². The third-order valence-electron chi connectivity index (χ3n) is 14.6. The number of fused-ring (bicyclic) bond motifs is 17. The first-order valence-electron chi connectivity index (χ1n) is 22.8. The quantitative estimate of drug-likeness (QED) is 0.177. The molecule has 14 rings (SSSR count). The van der Waals surface area contributed by atoms with Crippen LogP contribution in [0.1, 0.15) is 44.5 Å². The maximum Gasteiger partial charge on any atom is 0.164 e. The van der Waals surface area contributed by atoms with Crippen molar-refractivity contribution in [2.45, 2.75) is 10.8 Å². The summed E-state index contributed by atoms with van der Waals surface area (Å²) in [6, 6.07) is 86.7. The zero-order valence-electron chi connectivity index (χ0n) is 35.9. The Bertz CT molecular complexity index is 3620. The molecule has 0 unspecified atom stereocenters. The van der Waals surface area contributed by atoms with Crippen molar-refractivity contribution in [2.24, 2.45) is 0 Å². The Balaban J connectivity index is 0.942. The smallest absolute Gasteiger partial charge is 0.164 e. The number of rotatable bonds is 4. The normalized spacial score (nSPS) is 14.0. The highest BCUT2D eigenvalue weighted by molar-refractivity contribution is 5.99. The fourth-order valence-corrected chi connectivity index (χ4v) is 12.0. The fourth-order valence-electron chi connectivity index (χ4n) is 12.0. The van der Waals surface area contributed by atoms with Crippen LogP contribution in [0.2, 0.25) is 0 Å². The summed E-state index contributed by atoms with van der Waals surface area (Å²) < 4.78 is 0. The Morgan fingerprint density at radius 3 is 1.12 bits per heavy atom.